The maximum Gasteiger partial charge on any atom is 0.338 e. The van der Waals surface area contributed by atoms with Gasteiger partial charge in [0.25, 0.3) is 5.91 Å². The topological polar surface area (TPSA) is 84.5 Å². The first-order chi connectivity index (χ1) is 12.3. The summed E-state index contributed by atoms with van der Waals surface area (Å²) in [6.07, 6.45) is 0. The molecule has 26 heavy (non-hydrogen) atoms. The fraction of sp³-hybridized carbons (Fsp3) is 0.167. The van der Waals surface area contributed by atoms with Gasteiger partial charge in [0, 0.05) is 5.69 Å². The Labute approximate surface area is 148 Å². The maximum absolute atomic E-state index is 13.4. The summed E-state index contributed by atoms with van der Waals surface area (Å²) in [4.78, 5) is 35.0. The lowest BCUT2D eigenvalue weighted by Crippen LogP contribution is -2.35. The van der Waals surface area contributed by atoms with Gasteiger partial charge in [0.05, 0.1) is 12.1 Å². The van der Waals surface area contributed by atoms with Crippen molar-refractivity contribution >= 4 is 23.5 Å². The molecule has 2 N–H and O–H groups in total. The highest BCUT2D eigenvalue weighted by Crippen LogP contribution is 2.10. The Morgan fingerprint density at radius 3 is 2.35 bits per heavy atom. The number of ether oxygens (including phenoxy) is 1. The molecule has 0 aliphatic carbocycles. The molecule has 0 atom stereocenters. The minimum Gasteiger partial charge on any atom is -0.452 e. The molecular weight excluding hydrogens is 346 g/mol. The van der Waals surface area contributed by atoms with Gasteiger partial charge in [0.2, 0.25) is 5.91 Å². The molecule has 0 bridgehead atoms. The number of halogens is 2. The number of benzene rings is 2. The van der Waals surface area contributed by atoms with Crippen LogP contribution in [-0.2, 0) is 14.3 Å². The van der Waals surface area contributed by atoms with E-state index in [1.54, 1.807) is 6.92 Å². The van der Waals surface area contributed by atoms with Crippen LogP contribution in [0, 0.1) is 18.6 Å². The van der Waals surface area contributed by atoms with Crippen molar-refractivity contribution in [2.24, 2.45) is 0 Å². The van der Waals surface area contributed by atoms with Crippen LogP contribution < -0.4 is 10.6 Å². The lowest BCUT2D eigenvalue weighted by molar-refractivity contribution is -0.126. The average molecular weight is 362 g/mol. The van der Waals surface area contributed by atoms with Gasteiger partial charge in [0.15, 0.2) is 6.61 Å². The van der Waals surface area contributed by atoms with Crippen molar-refractivity contribution in [3.05, 3.63) is 65.2 Å². The Balaban J connectivity index is 1.74. The first kappa shape index (κ1) is 19.0. The molecule has 136 valence electrons. The molecule has 0 heterocycles. The molecule has 0 unspecified atom stereocenters. The van der Waals surface area contributed by atoms with Crippen molar-refractivity contribution in [2.45, 2.75) is 6.92 Å². The number of rotatable bonds is 6. The summed E-state index contributed by atoms with van der Waals surface area (Å²) in [7, 11) is 0. The molecule has 6 nitrogen and oxygen atoms in total. The first-order valence-corrected chi connectivity index (χ1v) is 7.60. The molecule has 0 radical (unpaired) electrons. The van der Waals surface area contributed by atoms with E-state index in [2.05, 4.69) is 10.6 Å². The molecule has 0 spiro atoms. The minimum atomic E-state index is -0.852. The second-order valence-electron chi connectivity index (χ2n) is 5.37. The number of nitrogens with one attached hydrogen (secondary N) is 2. The average Bonchev–Trinajstić information content (AvgIpc) is 2.62. The van der Waals surface area contributed by atoms with Crippen molar-refractivity contribution in [3.63, 3.8) is 0 Å². The second kappa shape index (κ2) is 8.70. The van der Waals surface area contributed by atoms with E-state index >= 15 is 0 Å². The summed E-state index contributed by atoms with van der Waals surface area (Å²) in [6, 6.07) is 8.93. The van der Waals surface area contributed by atoms with Crippen LogP contribution in [0.25, 0.3) is 0 Å². The molecule has 2 aromatic rings. The van der Waals surface area contributed by atoms with Crippen LogP contribution >= 0.6 is 0 Å². The van der Waals surface area contributed by atoms with Crippen LogP contribution in [0.2, 0.25) is 0 Å². The smallest absolute Gasteiger partial charge is 0.338 e. The van der Waals surface area contributed by atoms with Crippen LogP contribution in [0.5, 0.6) is 0 Å². The van der Waals surface area contributed by atoms with Crippen LogP contribution in [0.3, 0.4) is 0 Å². The molecule has 0 aliphatic rings. The Hall–Kier alpha value is -3.29. The highest BCUT2D eigenvalue weighted by Gasteiger charge is 2.12. The lowest BCUT2D eigenvalue weighted by Gasteiger charge is -2.08. The molecule has 2 rings (SSSR count). The number of amides is 2. The van der Waals surface area contributed by atoms with Gasteiger partial charge < -0.3 is 15.4 Å². The van der Waals surface area contributed by atoms with Gasteiger partial charge in [0.1, 0.15) is 11.6 Å². The van der Waals surface area contributed by atoms with Crippen molar-refractivity contribution in [3.8, 4) is 0 Å². The van der Waals surface area contributed by atoms with Gasteiger partial charge in [-0.15, -0.1) is 0 Å². The molecule has 0 aromatic heterocycles. The minimum absolute atomic E-state index is 0.0186. The van der Waals surface area contributed by atoms with E-state index in [0.717, 1.165) is 6.07 Å². The third kappa shape index (κ3) is 5.66. The number of carbonyl (C=O) groups excluding carboxylic acids is 3. The molecule has 2 amide bonds. The predicted molar refractivity (Wildman–Crippen MR) is 89.5 cm³/mol. The van der Waals surface area contributed by atoms with Gasteiger partial charge in [-0.25, -0.2) is 13.6 Å². The highest BCUT2D eigenvalue weighted by molar-refractivity contribution is 5.95. The predicted octanol–water partition coefficient (Wildman–Crippen LogP) is 2.18. The van der Waals surface area contributed by atoms with Gasteiger partial charge >= 0.3 is 5.97 Å². The lowest BCUT2D eigenvalue weighted by atomic mass is 10.1. The van der Waals surface area contributed by atoms with E-state index in [0.29, 0.717) is 11.3 Å². The standard InChI is InChI=1S/C18H16F2N2O4/c1-11-2-3-12(8-15(11)20)18(25)26-10-17(24)21-9-16(23)22-14-6-4-13(19)5-7-14/h2-8H,9-10H2,1H3,(H,21,24)(H,22,23). The van der Waals surface area contributed by atoms with E-state index in [1.165, 1.54) is 36.4 Å². The summed E-state index contributed by atoms with van der Waals surface area (Å²) >= 11 is 0. The fourth-order valence-electron chi connectivity index (χ4n) is 1.90. The maximum atomic E-state index is 13.4. The number of carbonyl (C=O) groups is 3. The summed E-state index contributed by atoms with van der Waals surface area (Å²) in [5.74, 6) is -3.07. The van der Waals surface area contributed by atoms with Crippen molar-refractivity contribution < 1.29 is 27.9 Å². The zero-order chi connectivity index (χ0) is 19.1. The molecule has 0 saturated heterocycles. The van der Waals surface area contributed by atoms with E-state index < -0.39 is 36.0 Å². The molecule has 0 aliphatic heterocycles. The third-order valence-corrected chi connectivity index (χ3v) is 3.32. The Morgan fingerprint density at radius 1 is 1.00 bits per heavy atom. The third-order valence-electron chi connectivity index (χ3n) is 3.32. The number of aryl methyl sites for hydroxylation is 1. The van der Waals surface area contributed by atoms with E-state index in [4.69, 9.17) is 4.74 Å². The van der Waals surface area contributed by atoms with E-state index in [-0.39, 0.29) is 12.1 Å². The quantitative estimate of drug-likeness (QED) is 0.772. The van der Waals surface area contributed by atoms with Crippen LogP contribution in [0.15, 0.2) is 42.5 Å². The summed E-state index contributed by atoms with van der Waals surface area (Å²) < 4.78 is 30.9. The highest BCUT2D eigenvalue weighted by atomic mass is 19.1. The van der Waals surface area contributed by atoms with E-state index in [9.17, 15) is 23.2 Å². The molecule has 0 saturated carbocycles. The van der Waals surface area contributed by atoms with Gasteiger partial charge in [-0.1, -0.05) is 6.07 Å². The van der Waals surface area contributed by atoms with E-state index in [1.807, 2.05) is 0 Å². The SMILES string of the molecule is Cc1ccc(C(=O)OCC(=O)NCC(=O)Nc2ccc(F)cc2)cc1F. The van der Waals surface area contributed by atoms with Crippen LogP contribution in [-0.4, -0.2) is 30.9 Å². The van der Waals surface area contributed by atoms with Crippen LogP contribution in [0.4, 0.5) is 14.5 Å². The van der Waals surface area contributed by atoms with Crippen molar-refractivity contribution in [1.82, 2.24) is 5.32 Å². The Bertz CT molecular complexity index is 822. The van der Waals surface area contributed by atoms with Crippen LogP contribution in [0.1, 0.15) is 15.9 Å². The summed E-state index contributed by atoms with van der Waals surface area (Å²) in [6.45, 7) is 0.583. The van der Waals surface area contributed by atoms with Gasteiger partial charge in [-0.2, -0.15) is 0 Å². The normalized spacial score (nSPS) is 10.1. The number of hydrogen-bond donors (Lipinski definition) is 2. The number of esters is 1. The van der Waals surface area contributed by atoms with Gasteiger partial charge in [-0.05, 0) is 48.9 Å². The number of hydrogen-bond acceptors (Lipinski definition) is 4. The van der Waals surface area contributed by atoms with Crippen molar-refractivity contribution in [2.75, 3.05) is 18.5 Å². The first-order valence-electron chi connectivity index (χ1n) is 7.60. The Morgan fingerprint density at radius 2 is 1.69 bits per heavy atom. The monoisotopic (exact) mass is 362 g/mol. The molecule has 2 aromatic carbocycles. The summed E-state index contributed by atoms with van der Waals surface area (Å²) in [5, 5.41) is 4.72. The second-order valence-corrected chi connectivity index (χ2v) is 5.37. The zero-order valence-corrected chi connectivity index (χ0v) is 13.8. The fourth-order valence-corrected chi connectivity index (χ4v) is 1.90. The van der Waals surface area contributed by atoms with Crippen molar-refractivity contribution in [1.29, 1.82) is 0 Å². The molecular formula is C18H16F2N2O4. The summed E-state index contributed by atoms with van der Waals surface area (Å²) in [5.41, 5.74) is 0.736. The Kier molecular flexibility index (Phi) is 6.37. The number of anilines is 1. The van der Waals surface area contributed by atoms with Gasteiger partial charge in [-0.3, -0.25) is 9.59 Å². The zero-order valence-electron chi connectivity index (χ0n) is 13.8. The largest absolute Gasteiger partial charge is 0.452 e. The molecule has 0 fully saturated rings. The molecule has 8 heteroatoms.